The van der Waals surface area contributed by atoms with Gasteiger partial charge in [0.05, 0.1) is 25.7 Å². The smallest absolute Gasteiger partial charge is 0.308 e. The number of benzene rings is 1. The highest BCUT2D eigenvalue weighted by Gasteiger charge is 2.06. The van der Waals surface area contributed by atoms with E-state index in [1.807, 2.05) is 32.0 Å². The van der Waals surface area contributed by atoms with Gasteiger partial charge >= 0.3 is 5.97 Å². The van der Waals surface area contributed by atoms with E-state index in [-0.39, 0.29) is 12.1 Å². The van der Waals surface area contributed by atoms with Gasteiger partial charge in [-0.25, -0.2) is 0 Å². The first-order valence-electron chi connectivity index (χ1n) is 6.53. The zero-order valence-corrected chi connectivity index (χ0v) is 11.2. The molecule has 100 valence electrons. The highest BCUT2D eigenvalue weighted by molar-refractivity contribution is 5.69. The summed E-state index contributed by atoms with van der Waals surface area (Å²) in [6.07, 6.45) is 2.06. The van der Waals surface area contributed by atoms with Crippen LogP contribution < -0.4 is 0 Å². The topological polar surface area (TPSA) is 35.5 Å². The van der Waals surface area contributed by atoms with E-state index in [9.17, 15) is 4.79 Å². The Hall–Kier alpha value is -1.35. The molecular weight excluding hydrogens is 228 g/mol. The van der Waals surface area contributed by atoms with Crippen LogP contribution in [0.1, 0.15) is 32.3 Å². The van der Waals surface area contributed by atoms with Crippen LogP contribution in [-0.4, -0.2) is 25.3 Å². The van der Waals surface area contributed by atoms with E-state index < -0.39 is 0 Å². The monoisotopic (exact) mass is 250 g/mol. The molecule has 0 saturated carbocycles. The van der Waals surface area contributed by atoms with Crippen molar-refractivity contribution in [3.63, 3.8) is 0 Å². The van der Waals surface area contributed by atoms with Gasteiger partial charge in [0, 0.05) is 0 Å². The van der Waals surface area contributed by atoms with Crippen molar-refractivity contribution in [2.45, 2.75) is 39.2 Å². The predicted octanol–water partition coefficient (Wildman–Crippen LogP) is 2.98. The fourth-order valence-electron chi connectivity index (χ4n) is 1.46. The molecule has 0 aliphatic rings. The lowest BCUT2D eigenvalue weighted by Crippen LogP contribution is -2.15. The zero-order valence-electron chi connectivity index (χ0n) is 11.2. The highest BCUT2D eigenvalue weighted by Crippen LogP contribution is 2.01. The number of hydrogen-bond donors (Lipinski definition) is 0. The minimum absolute atomic E-state index is 0.00168. The Morgan fingerprint density at radius 2 is 1.94 bits per heavy atom. The lowest BCUT2D eigenvalue weighted by atomic mass is 10.2. The van der Waals surface area contributed by atoms with Gasteiger partial charge in [0.1, 0.15) is 0 Å². The number of rotatable bonds is 8. The molecule has 1 aromatic carbocycles. The lowest BCUT2D eigenvalue weighted by molar-refractivity contribution is -0.149. The first kappa shape index (κ1) is 14.7. The van der Waals surface area contributed by atoms with Crippen LogP contribution in [0.3, 0.4) is 0 Å². The summed E-state index contributed by atoms with van der Waals surface area (Å²) in [7, 11) is 0. The molecule has 1 unspecified atom stereocenters. The number of hydrogen-bond acceptors (Lipinski definition) is 3. The minimum atomic E-state index is -0.177. The van der Waals surface area contributed by atoms with Crippen molar-refractivity contribution in [2.75, 3.05) is 13.2 Å². The van der Waals surface area contributed by atoms with Crippen molar-refractivity contribution in [3.05, 3.63) is 35.9 Å². The van der Waals surface area contributed by atoms with Crippen molar-refractivity contribution in [1.29, 1.82) is 0 Å². The second kappa shape index (κ2) is 8.70. The average Bonchev–Trinajstić information content (AvgIpc) is 2.39. The quantitative estimate of drug-likeness (QED) is 0.525. The number of carbonyl (C=O) groups is 1. The summed E-state index contributed by atoms with van der Waals surface area (Å²) >= 11 is 0. The van der Waals surface area contributed by atoms with Gasteiger partial charge in [0.15, 0.2) is 0 Å². The number of ether oxygens (including phenoxy) is 2. The van der Waals surface area contributed by atoms with Crippen LogP contribution in [0, 0.1) is 0 Å². The van der Waals surface area contributed by atoms with Gasteiger partial charge in [0.2, 0.25) is 0 Å². The molecule has 0 fully saturated rings. The van der Waals surface area contributed by atoms with Gasteiger partial charge in [-0.3, -0.25) is 4.79 Å². The summed E-state index contributed by atoms with van der Waals surface area (Å²) in [5, 5.41) is 0. The van der Waals surface area contributed by atoms with Gasteiger partial charge in [0.25, 0.3) is 0 Å². The van der Waals surface area contributed by atoms with Crippen molar-refractivity contribution in [1.82, 2.24) is 0 Å². The van der Waals surface area contributed by atoms with Gasteiger partial charge in [-0.2, -0.15) is 0 Å². The molecule has 18 heavy (non-hydrogen) atoms. The largest absolute Gasteiger partial charge is 0.463 e. The predicted molar refractivity (Wildman–Crippen MR) is 71.4 cm³/mol. The van der Waals surface area contributed by atoms with Crippen LogP contribution in [0.4, 0.5) is 0 Å². The minimum Gasteiger partial charge on any atom is -0.463 e. The SMILES string of the molecule is CCC(C)OC(=O)CCOCCc1ccccc1. The van der Waals surface area contributed by atoms with Gasteiger partial charge in [-0.15, -0.1) is 0 Å². The van der Waals surface area contributed by atoms with Crippen LogP contribution >= 0.6 is 0 Å². The molecule has 0 heterocycles. The van der Waals surface area contributed by atoms with Crippen LogP contribution in [0.5, 0.6) is 0 Å². The van der Waals surface area contributed by atoms with E-state index in [2.05, 4.69) is 12.1 Å². The molecule has 0 aliphatic heterocycles. The molecule has 0 aromatic heterocycles. The van der Waals surface area contributed by atoms with E-state index >= 15 is 0 Å². The van der Waals surface area contributed by atoms with Crippen LogP contribution in [0.15, 0.2) is 30.3 Å². The summed E-state index contributed by atoms with van der Waals surface area (Å²) < 4.78 is 10.6. The van der Waals surface area contributed by atoms with Gasteiger partial charge < -0.3 is 9.47 Å². The Morgan fingerprint density at radius 1 is 1.22 bits per heavy atom. The Bertz CT molecular complexity index is 335. The summed E-state index contributed by atoms with van der Waals surface area (Å²) in [6, 6.07) is 10.2. The molecule has 1 atom stereocenters. The Balaban J connectivity index is 2.03. The van der Waals surface area contributed by atoms with E-state index in [0.29, 0.717) is 19.6 Å². The third kappa shape index (κ3) is 6.40. The third-order valence-electron chi connectivity index (χ3n) is 2.74. The molecule has 0 bridgehead atoms. The van der Waals surface area contributed by atoms with Gasteiger partial charge in [-0.1, -0.05) is 37.3 Å². The van der Waals surface area contributed by atoms with Crippen molar-refractivity contribution < 1.29 is 14.3 Å². The molecule has 0 saturated heterocycles. The molecule has 0 radical (unpaired) electrons. The van der Waals surface area contributed by atoms with E-state index in [0.717, 1.165) is 12.8 Å². The number of esters is 1. The Kier molecular flexibility index (Phi) is 7.11. The molecule has 0 spiro atoms. The van der Waals surface area contributed by atoms with E-state index in [4.69, 9.17) is 9.47 Å². The highest BCUT2D eigenvalue weighted by atomic mass is 16.5. The maximum Gasteiger partial charge on any atom is 0.308 e. The average molecular weight is 250 g/mol. The van der Waals surface area contributed by atoms with Crippen molar-refractivity contribution in [3.8, 4) is 0 Å². The number of carbonyl (C=O) groups excluding carboxylic acids is 1. The van der Waals surface area contributed by atoms with Crippen molar-refractivity contribution >= 4 is 5.97 Å². The van der Waals surface area contributed by atoms with Crippen LogP contribution in [0.2, 0.25) is 0 Å². The molecule has 3 nitrogen and oxygen atoms in total. The molecule has 0 aliphatic carbocycles. The van der Waals surface area contributed by atoms with E-state index in [1.165, 1.54) is 5.56 Å². The molecule has 1 aromatic rings. The zero-order chi connectivity index (χ0) is 13.2. The summed E-state index contributed by atoms with van der Waals surface area (Å²) in [4.78, 5) is 11.3. The summed E-state index contributed by atoms with van der Waals surface area (Å²) in [6.45, 7) is 4.96. The molecule has 3 heteroatoms. The second-order valence-corrected chi connectivity index (χ2v) is 4.31. The maximum absolute atomic E-state index is 11.3. The third-order valence-corrected chi connectivity index (χ3v) is 2.74. The standard InChI is InChI=1S/C15H22O3/c1-3-13(2)18-15(16)10-12-17-11-9-14-7-5-4-6-8-14/h4-8,13H,3,9-12H2,1-2H3. The normalized spacial score (nSPS) is 12.1. The first-order valence-corrected chi connectivity index (χ1v) is 6.53. The summed E-state index contributed by atoms with van der Waals surface area (Å²) in [5.74, 6) is -0.177. The molecule has 1 rings (SSSR count). The second-order valence-electron chi connectivity index (χ2n) is 4.31. The molecule has 0 amide bonds. The first-order chi connectivity index (χ1) is 8.72. The van der Waals surface area contributed by atoms with E-state index in [1.54, 1.807) is 0 Å². The molecule has 0 N–H and O–H groups in total. The fourth-order valence-corrected chi connectivity index (χ4v) is 1.46. The lowest BCUT2D eigenvalue weighted by Gasteiger charge is -2.10. The fraction of sp³-hybridized carbons (Fsp3) is 0.533. The van der Waals surface area contributed by atoms with Crippen LogP contribution in [-0.2, 0) is 20.7 Å². The maximum atomic E-state index is 11.3. The molecular formula is C15H22O3. The van der Waals surface area contributed by atoms with Crippen molar-refractivity contribution in [2.24, 2.45) is 0 Å². The summed E-state index contributed by atoms with van der Waals surface area (Å²) in [5.41, 5.74) is 1.25. The Morgan fingerprint density at radius 3 is 2.61 bits per heavy atom. The van der Waals surface area contributed by atoms with Crippen LogP contribution in [0.25, 0.3) is 0 Å². The van der Waals surface area contributed by atoms with Gasteiger partial charge in [-0.05, 0) is 25.3 Å². The Labute approximate surface area is 109 Å².